The summed E-state index contributed by atoms with van der Waals surface area (Å²) in [6, 6.07) is 4.68. The summed E-state index contributed by atoms with van der Waals surface area (Å²) in [5.74, 6) is -0.419. The predicted octanol–water partition coefficient (Wildman–Crippen LogP) is 3.11. The van der Waals surface area contributed by atoms with Crippen LogP contribution < -0.4 is 5.43 Å². The van der Waals surface area contributed by atoms with Crippen molar-refractivity contribution in [1.29, 1.82) is 0 Å². The van der Waals surface area contributed by atoms with E-state index < -0.39 is 5.91 Å². The maximum atomic E-state index is 12.0. The third kappa shape index (κ3) is 3.43. The molecule has 1 aromatic heterocycles. The predicted molar refractivity (Wildman–Crippen MR) is 84.2 cm³/mol. The summed E-state index contributed by atoms with van der Waals surface area (Å²) in [6.07, 6.45) is 1.56. The Balaban J connectivity index is 2.14. The van der Waals surface area contributed by atoms with E-state index in [0.717, 1.165) is 17.0 Å². The Morgan fingerprint density at radius 3 is 2.71 bits per heavy atom. The van der Waals surface area contributed by atoms with Crippen molar-refractivity contribution in [2.24, 2.45) is 12.1 Å². The first kappa shape index (κ1) is 15.5. The van der Waals surface area contributed by atoms with Crippen molar-refractivity contribution < 1.29 is 4.79 Å². The molecule has 1 aromatic carbocycles. The van der Waals surface area contributed by atoms with Crippen molar-refractivity contribution in [3.05, 3.63) is 50.8 Å². The molecule has 0 aliphatic carbocycles. The number of nitrogens with zero attached hydrogens (tertiary/aromatic N) is 3. The molecule has 0 radical (unpaired) electrons. The molecule has 0 unspecified atom stereocenters. The molecule has 21 heavy (non-hydrogen) atoms. The topological polar surface area (TPSA) is 59.3 Å². The molecule has 1 N–H and O–H groups in total. The van der Waals surface area contributed by atoms with Crippen LogP contribution in [0.4, 0.5) is 0 Å². The lowest BCUT2D eigenvalue weighted by molar-refractivity contribution is 0.0955. The van der Waals surface area contributed by atoms with Crippen LogP contribution in [-0.4, -0.2) is 21.9 Å². The Hall–Kier alpha value is -1.85. The zero-order valence-corrected chi connectivity index (χ0v) is 13.3. The molecule has 5 nitrogen and oxygen atoms in total. The summed E-state index contributed by atoms with van der Waals surface area (Å²) in [4.78, 5) is 12.0. The van der Waals surface area contributed by atoms with Gasteiger partial charge >= 0.3 is 0 Å². The van der Waals surface area contributed by atoms with Gasteiger partial charge in [-0.25, -0.2) is 5.43 Å². The van der Waals surface area contributed by atoms with Crippen LogP contribution in [0.15, 0.2) is 23.3 Å². The van der Waals surface area contributed by atoms with E-state index in [4.69, 9.17) is 23.2 Å². The molecule has 1 amide bonds. The van der Waals surface area contributed by atoms with Gasteiger partial charge in [0.2, 0.25) is 0 Å². The van der Waals surface area contributed by atoms with E-state index in [1.54, 1.807) is 23.0 Å². The third-order valence-corrected chi connectivity index (χ3v) is 3.66. The number of hydrogen-bond donors (Lipinski definition) is 1. The fourth-order valence-electron chi connectivity index (χ4n) is 1.86. The first-order valence-electron chi connectivity index (χ1n) is 6.19. The maximum Gasteiger partial charge on any atom is 0.272 e. The molecule has 0 bridgehead atoms. The average Bonchev–Trinajstić information content (AvgIpc) is 2.67. The number of halogens is 2. The van der Waals surface area contributed by atoms with Crippen LogP contribution in [-0.2, 0) is 7.05 Å². The summed E-state index contributed by atoms with van der Waals surface area (Å²) >= 11 is 11.8. The standard InChI is InChI=1S/C14H14Cl2N4O/c1-8-12(9(2)20(3)19-8)7-17-18-14(21)11-6-10(15)4-5-13(11)16/h4-7H,1-3H3,(H,18,21)/b17-7-. The number of amides is 1. The van der Waals surface area contributed by atoms with E-state index in [1.807, 2.05) is 20.9 Å². The van der Waals surface area contributed by atoms with Crippen LogP contribution in [0.3, 0.4) is 0 Å². The Kier molecular flexibility index (Phi) is 4.65. The number of benzene rings is 1. The quantitative estimate of drug-likeness (QED) is 0.696. The zero-order chi connectivity index (χ0) is 15.6. The lowest BCUT2D eigenvalue weighted by Crippen LogP contribution is -2.18. The molecule has 0 atom stereocenters. The SMILES string of the molecule is Cc1nn(C)c(C)c1/C=N\NC(=O)c1cc(Cl)ccc1Cl. The van der Waals surface area contributed by atoms with Gasteiger partial charge in [0.1, 0.15) is 0 Å². The number of carbonyl (C=O) groups is 1. The smallest absolute Gasteiger partial charge is 0.272 e. The Labute approximate surface area is 132 Å². The van der Waals surface area contributed by atoms with Gasteiger partial charge in [-0.05, 0) is 32.0 Å². The van der Waals surface area contributed by atoms with Crippen molar-refractivity contribution in [3.63, 3.8) is 0 Å². The van der Waals surface area contributed by atoms with E-state index >= 15 is 0 Å². The monoisotopic (exact) mass is 324 g/mol. The summed E-state index contributed by atoms with van der Waals surface area (Å²) in [5.41, 5.74) is 5.38. The van der Waals surface area contributed by atoms with Gasteiger partial charge in [0.05, 0.1) is 22.5 Å². The highest BCUT2D eigenvalue weighted by molar-refractivity contribution is 6.35. The number of carbonyl (C=O) groups excluding carboxylic acids is 1. The average molecular weight is 325 g/mol. The van der Waals surface area contributed by atoms with Gasteiger partial charge in [-0.15, -0.1) is 0 Å². The lowest BCUT2D eigenvalue weighted by atomic mass is 10.2. The number of aromatic nitrogens is 2. The summed E-state index contributed by atoms with van der Waals surface area (Å²) in [6.45, 7) is 3.81. The van der Waals surface area contributed by atoms with Crippen molar-refractivity contribution in [2.75, 3.05) is 0 Å². The fraction of sp³-hybridized carbons (Fsp3) is 0.214. The lowest BCUT2D eigenvalue weighted by Gasteiger charge is -2.03. The second kappa shape index (κ2) is 6.28. The van der Waals surface area contributed by atoms with Crippen LogP contribution in [0.1, 0.15) is 27.3 Å². The minimum absolute atomic E-state index is 0.279. The van der Waals surface area contributed by atoms with Crippen molar-refractivity contribution in [1.82, 2.24) is 15.2 Å². The van der Waals surface area contributed by atoms with Crippen molar-refractivity contribution in [2.45, 2.75) is 13.8 Å². The molecule has 110 valence electrons. The molecule has 0 saturated heterocycles. The number of nitrogens with one attached hydrogen (secondary N) is 1. The molecule has 2 rings (SSSR count). The molecular formula is C14H14Cl2N4O. The fourth-order valence-corrected chi connectivity index (χ4v) is 2.24. The van der Waals surface area contributed by atoms with Gasteiger partial charge in [0.25, 0.3) is 5.91 Å². The normalized spacial score (nSPS) is 11.1. The molecule has 1 heterocycles. The van der Waals surface area contributed by atoms with Gasteiger partial charge in [0.15, 0.2) is 0 Å². The Bertz CT molecular complexity index is 722. The van der Waals surface area contributed by atoms with E-state index in [0.29, 0.717) is 10.0 Å². The number of hydrazone groups is 1. The first-order chi connectivity index (χ1) is 9.90. The van der Waals surface area contributed by atoms with Crippen LogP contribution in [0, 0.1) is 13.8 Å². The molecule has 0 fully saturated rings. The molecule has 0 aliphatic heterocycles. The van der Waals surface area contributed by atoms with Crippen LogP contribution in [0.25, 0.3) is 0 Å². The highest BCUT2D eigenvalue weighted by atomic mass is 35.5. The highest BCUT2D eigenvalue weighted by Gasteiger charge is 2.11. The largest absolute Gasteiger partial charge is 0.272 e. The van der Waals surface area contributed by atoms with Gasteiger partial charge in [-0.3, -0.25) is 9.48 Å². The minimum Gasteiger partial charge on any atom is -0.272 e. The second-order valence-electron chi connectivity index (χ2n) is 4.53. The molecular weight excluding hydrogens is 311 g/mol. The molecule has 0 spiro atoms. The molecule has 0 saturated carbocycles. The van der Waals surface area contributed by atoms with Crippen molar-refractivity contribution >= 4 is 35.3 Å². The second-order valence-corrected chi connectivity index (χ2v) is 5.38. The van der Waals surface area contributed by atoms with E-state index in [2.05, 4.69) is 15.6 Å². The first-order valence-corrected chi connectivity index (χ1v) is 6.94. The highest BCUT2D eigenvalue weighted by Crippen LogP contribution is 2.20. The van der Waals surface area contributed by atoms with Gasteiger partial charge in [-0.1, -0.05) is 23.2 Å². The maximum absolute atomic E-state index is 12.0. The Morgan fingerprint density at radius 1 is 1.38 bits per heavy atom. The summed E-state index contributed by atoms with van der Waals surface area (Å²) in [5, 5.41) is 8.97. The Morgan fingerprint density at radius 2 is 2.10 bits per heavy atom. The number of hydrogen-bond acceptors (Lipinski definition) is 3. The van der Waals surface area contributed by atoms with Gasteiger partial charge in [0, 0.05) is 23.3 Å². The van der Waals surface area contributed by atoms with Crippen LogP contribution >= 0.6 is 23.2 Å². The van der Waals surface area contributed by atoms with Crippen LogP contribution in [0.5, 0.6) is 0 Å². The van der Waals surface area contributed by atoms with E-state index in [9.17, 15) is 4.79 Å². The van der Waals surface area contributed by atoms with Gasteiger partial charge in [-0.2, -0.15) is 10.2 Å². The number of rotatable bonds is 3. The molecule has 0 aliphatic rings. The van der Waals surface area contributed by atoms with Crippen LogP contribution in [0.2, 0.25) is 10.0 Å². The third-order valence-electron chi connectivity index (χ3n) is 3.10. The van der Waals surface area contributed by atoms with Crippen molar-refractivity contribution in [3.8, 4) is 0 Å². The van der Waals surface area contributed by atoms with E-state index in [1.165, 1.54) is 6.07 Å². The molecule has 7 heteroatoms. The summed E-state index contributed by atoms with van der Waals surface area (Å²) in [7, 11) is 1.85. The van der Waals surface area contributed by atoms with Gasteiger partial charge < -0.3 is 0 Å². The number of aryl methyl sites for hydroxylation is 2. The summed E-state index contributed by atoms with van der Waals surface area (Å²) < 4.78 is 1.76. The molecule has 2 aromatic rings. The van der Waals surface area contributed by atoms with E-state index in [-0.39, 0.29) is 5.56 Å². The zero-order valence-electron chi connectivity index (χ0n) is 11.8. The minimum atomic E-state index is -0.419.